The number of Topliss-reactive ketones (excluding diaryl/α,β-unsaturated/α-hetero) is 2. The van der Waals surface area contributed by atoms with Crippen LogP contribution in [0.3, 0.4) is 0 Å². The minimum atomic E-state index is 0.0114. The number of aromatic nitrogens is 1. The van der Waals surface area contributed by atoms with Crippen LogP contribution in [0.25, 0.3) is 10.9 Å². The molecule has 0 saturated heterocycles. The number of rotatable bonds is 9. The lowest BCUT2D eigenvalue weighted by Gasteiger charge is -2.16. The van der Waals surface area contributed by atoms with Crippen LogP contribution in [0.2, 0.25) is 0 Å². The van der Waals surface area contributed by atoms with E-state index < -0.39 is 0 Å². The number of nitrogens with zero attached hydrogens (tertiary/aromatic N) is 1. The molecule has 1 aromatic heterocycles. The molecule has 0 aliphatic heterocycles. The highest BCUT2D eigenvalue weighted by atomic mass is 16.5. The molecule has 3 rings (SSSR count). The van der Waals surface area contributed by atoms with Crippen molar-refractivity contribution in [3.05, 3.63) is 59.8 Å². The summed E-state index contributed by atoms with van der Waals surface area (Å²) in [5, 5.41) is 4.19. The van der Waals surface area contributed by atoms with Crippen LogP contribution in [-0.4, -0.2) is 23.7 Å². The minimum Gasteiger partial charge on any atom is -0.496 e. The van der Waals surface area contributed by atoms with Gasteiger partial charge in [-0.3, -0.25) is 14.6 Å². The summed E-state index contributed by atoms with van der Waals surface area (Å²) in [7, 11) is 1.59. The fourth-order valence-corrected chi connectivity index (χ4v) is 3.37. The molecule has 0 radical (unpaired) electrons. The zero-order chi connectivity index (χ0) is 20.8. The Morgan fingerprint density at radius 1 is 1.10 bits per heavy atom. The maximum atomic E-state index is 12.6. The zero-order valence-corrected chi connectivity index (χ0v) is 17.1. The Balaban J connectivity index is 2.19. The molecule has 150 valence electrons. The molecule has 0 bridgehead atoms. The van der Waals surface area contributed by atoms with Crippen LogP contribution in [0.5, 0.6) is 5.75 Å². The van der Waals surface area contributed by atoms with Gasteiger partial charge in [-0.15, -0.1) is 0 Å². The number of fused-ring (bicyclic) bond motifs is 1. The minimum absolute atomic E-state index is 0.0114. The Kier molecular flexibility index (Phi) is 6.60. The van der Waals surface area contributed by atoms with Gasteiger partial charge in [-0.05, 0) is 24.6 Å². The molecule has 0 fully saturated rings. The predicted molar refractivity (Wildman–Crippen MR) is 116 cm³/mol. The van der Waals surface area contributed by atoms with E-state index in [9.17, 15) is 9.59 Å². The van der Waals surface area contributed by atoms with Crippen molar-refractivity contribution in [1.82, 2.24) is 4.98 Å². The second kappa shape index (κ2) is 9.32. The van der Waals surface area contributed by atoms with Crippen molar-refractivity contribution in [3.8, 4) is 5.75 Å². The number of pyridine rings is 1. The van der Waals surface area contributed by atoms with E-state index in [4.69, 9.17) is 4.74 Å². The third-order valence-electron chi connectivity index (χ3n) is 4.85. The average Bonchev–Trinajstić information content (AvgIpc) is 2.74. The van der Waals surface area contributed by atoms with Gasteiger partial charge in [0.25, 0.3) is 0 Å². The number of methoxy groups -OCH3 is 1. The third-order valence-corrected chi connectivity index (χ3v) is 4.85. The summed E-state index contributed by atoms with van der Waals surface area (Å²) in [5.74, 6) is 0.809. The van der Waals surface area contributed by atoms with Gasteiger partial charge in [0.1, 0.15) is 11.5 Å². The van der Waals surface area contributed by atoms with Crippen molar-refractivity contribution in [2.75, 3.05) is 12.4 Å². The van der Waals surface area contributed by atoms with Gasteiger partial charge < -0.3 is 10.1 Å². The Bertz CT molecular complexity index is 1030. The molecule has 0 atom stereocenters. The molecule has 0 aliphatic rings. The number of anilines is 2. The van der Waals surface area contributed by atoms with Crippen LogP contribution in [0.15, 0.2) is 48.7 Å². The van der Waals surface area contributed by atoms with Crippen molar-refractivity contribution in [2.24, 2.45) is 0 Å². The molecule has 3 aromatic rings. The number of carbonyl (C=O) groups excluding carboxylic acids is 2. The van der Waals surface area contributed by atoms with Crippen LogP contribution in [0.4, 0.5) is 11.4 Å². The fraction of sp³-hybridized carbons (Fsp3) is 0.292. The number of hydrogen-bond acceptors (Lipinski definition) is 5. The molecule has 0 aliphatic carbocycles. The number of ether oxygens (including phenoxy) is 1. The van der Waals surface area contributed by atoms with Crippen molar-refractivity contribution in [2.45, 2.75) is 39.5 Å². The summed E-state index contributed by atoms with van der Waals surface area (Å²) in [4.78, 5) is 29.3. The van der Waals surface area contributed by atoms with Crippen LogP contribution in [-0.2, 0) is 11.2 Å². The van der Waals surface area contributed by atoms with E-state index in [1.807, 2.05) is 56.3 Å². The second-order valence-electron chi connectivity index (χ2n) is 6.96. The molecule has 29 heavy (non-hydrogen) atoms. The van der Waals surface area contributed by atoms with Crippen LogP contribution in [0.1, 0.15) is 49.0 Å². The summed E-state index contributed by atoms with van der Waals surface area (Å²) >= 11 is 0. The van der Waals surface area contributed by atoms with E-state index in [-0.39, 0.29) is 11.6 Å². The maximum Gasteiger partial charge on any atom is 0.166 e. The average molecular weight is 390 g/mol. The van der Waals surface area contributed by atoms with Crippen molar-refractivity contribution >= 4 is 33.8 Å². The quantitative estimate of drug-likeness (QED) is 0.489. The number of ketones is 2. The SMILES string of the molecule is CCCC(=O)Cc1cc2c(Nc3ccccc3)c(C(=O)CC)cnc2cc1OC. The van der Waals surface area contributed by atoms with E-state index in [1.165, 1.54) is 0 Å². The smallest absolute Gasteiger partial charge is 0.166 e. The van der Waals surface area contributed by atoms with E-state index in [1.54, 1.807) is 13.3 Å². The molecule has 0 amide bonds. The molecule has 1 N–H and O–H groups in total. The monoisotopic (exact) mass is 390 g/mol. The number of nitrogens with one attached hydrogen (secondary N) is 1. The van der Waals surface area contributed by atoms with E-state index in [0.717, 1.165) is 23.1 Å². The molecule has 0 spiro atoms. The van der Waals surface area contributed by atoms with Gasteiger partial charge in [0, 0.05) is 48.2 Å². The number of para-hydroxylation sites is 1. The normalized spacial score (nSPS) is 10.7. The van der Waals surface area contributed by atoms with Gasteiger partial charge in [0.2, 0.25) is 0 Å². The Hall–Kier alpha value is -3.21. The molecular weight excluding hydrogens is 364 g/mol. The van der Waals surface area contributed by atoms with Gasteiger partial charge in [0.15, 0.2) is 5.78 Å². The lowest BCUT2D eigenvalue weighted by molar-refractivity contribution is -0.118. The first-order valence-corrected chi connectivity index (χ1v) is 9.93. The van der Waals surface area contributed by atoms with Crippen LogP contribution in [0, 0.1) is 0 Å². The number of benzene rings is 2. The summed E-state index contributed by atoms with van der Waals surface area (Å²) in [5.41, 5.74) is 3.64. The summed E-state index contributed by atoms with van der Waals surface area (Å²) in [6.45, 7) is 3.83. The van der Waals surface area contributed by atoms with Crippen LogP contribution < -0.4 is 10.1 Å². The van der Waals surface area contributed by atoms with Gasteiger partial charge in [0.05, 0.1) is 23.9 Å². The molecule has 0 unspecified atom stereocenters. The first-order chi connectivity index (χ1) is 14.1. The topological polar surface area (TPSA) is 68.3 Å². The first kappa shape index (κ1) is 20.5. The Morgan fingerprint density at radius 2 is 1.86 bits per heavy atom. The third kappa shape index (κ3) is 4.62. The maximum absolute atomic E-state index is 12.6. The fourth-order valence-electron chi connectivity index (χ4n) is 3.37. The first-order valence-electron chi connectivity index (χ1n) is 9.93. The molecule has 5 nitrogen and oxygen atoms in total. The summed E-state index contributed by atoms with van der Waals surface area (Å²) < 4.78 is 5.51. The van der Waals surface area contributed by atoms with E-state index >= 15 is 0 Å². The molecule has 5 heteroatoms. The van der Waals surface area contributed by atoms with E-state index in [2.05, 4.69) is 10.3 Å². The van der Waals surface area contributed by atoms with Crippen molar-refractivity contribution in [1.29, 1.82) is 0 Å². The highest BCUT2D eigenvalue weighted by molar-refractivity contribution is 6.09. The van der Waals surface area contributed by atoms with Crippen molar-refractivity contribution in [3.63, 3.8) is 0 Å². The zero-order valence-electron chi connectivity index (χ0n) is 17.1. The number of carbonyl (C=O) groups is 2. The number of hydrogen-bond donors (Lipinski definition) is 1. The second-order valence-corrected chi connectivity index (χ2v) is 6.96. The summed E-state index contributed by atoms with van der Waals surface area (Å²) in [6.07, 6.45) is 3.63. The van der Waals surface area contributed by atoms with Gasteiger partial charge in [-0.1, -0.05) is 32.0 Å². The lowest BCUT2D eigenvalue weighted by Crippen LogP contribution is -2.07. The molecule has 0 saturated carbocycles. The lowest BCUT2D eigenvalue weighted by atomic mass is 9.99. The molecule has 2 aromatic carbocycles. The highest BCUT2D eigenvalue weighted by Gasteiger charge is 2.18. The van der Waals surface area contributed by atoms with Gasteiger partial charge in [-0.2, -0.15) is 0 Å². The molecular formula is C24H26N2O3. The largest absolute Gasteiger partial charge is 0.496 e. The standard InChI is InChI=1S/C24H26N2O3/c1-4-9-18(27)12-16-13-19-21(14-23(16)29-3)25-15-20(22(28)5-2)24(19)26-17-10-7-6-8-11-17/h6-8,10-11,13-15H,4-5,9,12H2,1-3H3,(H,25,26). The highest BCUT2D eigenvalue weighted by Crippen LogP contribution is 2.34. The predicted octanol–water partition coefficient (Wildman–Crippen LogP) is 5.49. The van der Waals surface area contributed by atoms with Crippen LogP contribution >= 0.6 is 0 Å². The van der Waals surface area contributed by atoms with E-state index in [0.29, 0.717) is 41.8 Å². The van der Waals surface area contributed by atoms with Gasteiger partial charge in [-0.25, -0.2) is 0 Å². The Labute approximate surface area is 171 Å². The van der Waals surface area contributed by atoms with Gasteiger partial charge >= 0.3 is 0 Å². The van der Waals surface area contributed by atoms with Crippen molar-refractivity contribution < 1.29 is 14.3 Å². The summed E-state index contributed by atoms with van der Waals surface area (Å²) in [6, 6.07) is 13.5. The Morgan fingerprint density at radius 3 is 2.52 bits per heavy atom. The molecule has 1 heterocycles.